The molecule has 1 saturated carbocycles. The normalized spacial score (nSPS) is 23.8. The Balaban J connectivity index is 1.42. The van der Waals surface area contributed by atoms with Gasteiger partial charge in [0.15, 0.2) is 11.5 Å². The van der Waals surface area contributed by atoms with E-state index in [2.05, 4.69) is 14.9 Å². The van der Waals surface area contributed by atoms with Gasteiger partial charge in [-0.15, -0.1) is 0 Å². The fourth-order valence-corrected chi connectivity index (χ4v) is 4.28. The van der Waals surface area contributed by atoms with Crippen molar-refractivity contribution in [2.45, 2.75) is 37.8 Å². The third-order valence-electron chi connectivity index (χ3n) is 5.81. The number of hydrogen-bond donors (Lipinski definition) is 0. The molecule has 1 aliphatic carbocycles. The third-order valence-corrected chi connectivity index (χ3v) is 6.11. The number of carbonyl (C=O) groups excluding carboxylic acids is 1. The first-order valence-corrected chi connectivity index (χ1v) is 10.1. The summed E-state index contributed by atoms with van der Waals surface area (Å²) in [5.74, 6) is 1.53. The lowest BCUT2D eigenvalue weighted by atomic mass is 9.91. The van der Waals surface area contributed by atoms with Gasteiger partial charge in [0.05, 0.1) is 25.3 Å². The molecule has 8 heteroatoms. The maximum Gasteiger partial charge on any atom is 0.236 e. The molecule has 0 radical (unpaired) electrons. The second-order valence-electron chi connectivity index (χ2n) is 7.52. The highest BCUT2D eigenvalue weighted by Gasteiger charge is 2.31. The van der Waals surface area contributed by atoms with Crippen molar-refractivity contribution in [3.63, 3.8) is 0 Å². The summed E-state index contributed by atoms with van der Waals surface area (Å²) in [7, 11) is 3.50. The SMILES string of the molecule is COc1cc2ncnc(Cl)c2cc1OC1CCC(N2CCN(C)C(=O)C2)CC1. The number of piperazine rings is 1. The molecule has 0 bridgehead atoms. The van der Waals surface area contributed by atoms with E-state index in [4.69, 9.17) is 21.1 Å². The molecule has 2 aromatic rings. The Morgan fingerprint density at radius 2 is 1.89 bits per heavy atom. The predicted molar refractivity (Wildman–Crippen MR) is 107 cm³/mol. The van der Waals surface area contributed by atoms with Crippen molar-refractivity contribution in [3.8, 4) is 11.5 Å². The van der Waals surface area contributed by atoms with E-state index >= 15 is 0 Å². The van der Waals surface area contributed by atoms with Crippen molar-refractivity contribution in [3.05, 3.63) is 23.6 Å². The largest absolute Gasteiger partial charge is 0.493 e. The van der Waals surface area contributed by atoms with Crippen molar-refractivity contribution in [2.24, 2.45) is 0 Å². The fourth-order valence-electron chi connectivity index (χ4n) is 4.08. The number of hydrogen-bond acceptors (Lipinski definition) is 6. The highest BCUT2D eigenvalue weighted by atomic mass is 35.5. The van der Waals surface area contributed by atoms with E-state index in [1.54, 1.807) is 7.11 Å². The average molecular weight is 405 g/mol. The lowest BCUT2D eigenvalue weighted by molar-refractivity contribution is -0.135. The first-order valence-electron chi connectivity index (χ1n) is 9.68. The summed E-state index contributed by atoms with van der Waals surface area (Å²) in [6.07, 6.45) is 5.52. The Labute approximate surface area is 169 Å². The number of nitrogens with zero attached hydrogens (tertiary/aromatic N) is 4. The van der Waals surface area contributed by atoms with Crippen LogP contribution in [0.25, 0.3) is 10.9 Å². The number of benzene rings is 1. The van der Waals surface area contributed by atoms with Crippen LogP contribution in [0.4, 0.5) is 0 Å². The molecule has 2 fully saturated rings. The van der Waals surface area contributed by atoms with Crippen LogP contribution in [0.1, 0.15) is 25.7 Å². The van der Waals surface area contributed by atoms with Crippen molar-refractivity contribution >= 4 is 28.4 Å². The van der Waals surface area contributed by atoms with Gasteiger partial charge < -0.3 is 14.4 Å². The van der Waals surface area contributed by atoms with Crippen LogP contribution in [0.5, 0.6) is 11.5 Å². The molecule has 0 unspecified atom stereocenters. The molecule has 2 aliphatic rings. The summed E-state index contributed by atoms with van der Waals surface area (Å²) < 4.78 is 11.8. The number of likely N-dealkylation sites (N-methyl/N-ethyl adjacent to an activating group) is 1. The third kappa shape index (κ3) is 3.86. The van der Waals surface area contributed by atoms with E-state index in [1.807, 2.05) is 24.1 Å². The molecule has 1 saturated heterocycles. The molecule has 1 aromatic carbocycles. The summed E-state index contributed by atoms with van der Waals surface area (Å²) in [6, 6.07) is 4.15. The van der Waals surface area contributed by atoms with Gasteiger partial charge in [-0.1, -0.05) is 11.6 Å². The van der Waals surface area contributed by atoms with Crippen LogP contribution in [-0.2, 0) is 4.79 Å². The van der Waals surface area contributed by atoms with Crippen LogP contribution >= 0.6 is 11.6 Å². The Bertz CT molecular complexity index is 870. The minimum absolute atomic E-state index is 0.120. The van der Waals surface area contributed by atoms with Crippen molar-refractivity contribution in [2.75, 3.05) is 33.8 Å². The fraction of sp³-hybridized carbons (Fsp3) is 0.550. The first kappa shape index (κ1) is 19.2. The molecular formula is C20H25ClN4O3. The first-order chi connectivity index (χ1) is 13.5. The summed E-state index contributed by atoms with van der Waals surface area (Å²) in [5.41, 5.74) is 0.729. The molecule has 4 rings (SSSR count). The Hall–Kier alpha value is -2.12. The van der Waals surface area contributed by atoms with Crippen LogP contribution in [0.2, 0.25) is 5.15 Å². The minimum atomic E-state index is 0.120. The predicted octanol–water partition coefficient (Wildman–Crippen LogP) is 2.76. The van der Waals surface area contributed by atoms with E-state index in [9.17, 15) is 4.79 Å². The number of fused-ring (bicyclic) bond motifs is 1. The molecule has 1 aromatic heterocycles. The summed E-state index contributed by atoms with van der Waals surface area (Å²) >= 11 is 6.21. The molecule has 1 aliphatic heterocycles. The van der Waals surface area contributed by atoms with Crippen LogP contribution in [0, 0.1) is 0 Å². The highest BCUT2D eigenvalue weighted by molar-refractivity contribution is 6.34. The van der Waals surface area contributed by atoms with Gasteiger partial charge in [-0.2, -0.15) is 0 Å². The molecular weight excluding hydrogens is 380 g/mol. The van der Waals surface area contributed by atoms with Crippen LogP contribution < -0.4 is 9.47 Å². The molecule has 2 heterocycles. The molecule has 0 atom stereocenters. The van der Waals surface area contributed by atoms with E-state index < -0.39 is 0 Å². The number of rotatable bonds is 4. The molecule has 0 N–H and O–H groups in total. The Morgan fingerprint density at radius 3 is 2.61 bits per heavy atom. The zero-order valence-corrected chi connectivity index (χ0v) is 17.0. The molecule has 1 amide bonds. The molecule has 28 heavy (non-hydrogen) atoms. The maximum atomic E-state index is 12.0. The van der Waals surface area contributed by atoms with Gasteiger partial charge in [-0.3, -0.25) is 9.69 Å². The minimum Gasteiger partial charge on any atom is -0.493 e. The topological polar surface area (TPSA) is 67.8 Å². The zero-order chi connectivity index (χ0) is 19.7. The summed E-state index contributed by atoms with van der Waals surface area (Å²) in [4.78, 5) is 24.4. The van der Waals surface area contributed by atoms with Crippen LogP contribution in [-0.4, -0.2) is 71.6 Å². The highest BCUT2D eigenvalue weighted by Crippen LogP contribution is 2.36. The maximum absolute atomic E-state index is 12.0. The number of carbonyl (C=O) groups is 1. The van der Waals surface area contributed by atoms with Gasteiger partial charge in [-0.05, 0) is 31.7 Å². The van der Waals surface area contributed by atoms with Crippen molar-refractivity contribution < 1.29 is 14.3 Å². The lowest BCUT2D eigenvalue weighted by Gasteiger charge is -2.40. The second-order valence-corrected chi connectivity index (χ2v) is 7.88. The van der Waals surface area contributed by atoms with E-state index in [0.29, 0.717) is 29.2 Å². The molecule has 0 spiro atoms. The lowest BCUT2D eigenvalue weighted by Crippen LogP contribution is -2.53. The quantitative estimate of drug-likeness (QED) is 0.730. The van der Waals surface area contributed by atoms with E-state index in [1.165, 1.54) is 6.33 Å². The summed E-state index contributed by atoms with van der Waals surface area (Å²) in [6.45, 7) is 2.30. The van der Waals surface area contributed by atoms with Gasteiger partial charge in [0.25, 0.3) is 0 Å². The number of halogens is 1. The molecule has 7 nitrogen and oxygen atoms in total. The number of amides is 1. The van der Waals surface area contributed by atoms with Crippen LogP contribution in [0.15, 0.2) is 18.5 Å². The van der Waals surface area contributed by atoms with Gasteiger partial charge in [-0.25, -0.2) is 9.97 Å². The van der Waals surface area contributed by atoms with Gasteiger partial charge in [0.2, 0.25) is 5.91 Å². The standard InChI is InChI=1S/C20H25ClN4O3/c1-24-7-8-25(11-19(24)26)13-3-5-14(6-4-13)28-18-9-15-16(10-17(18)27-2)22-12-23-20(15)21/h9-10,12-14H,3-8,11H2,1-2H3. The Kier molecular flexibility index (Phi) is 5.55. The number of aromatic nitrogens is 2. The zero-order valence-electron chi connectivity index (χ0n) is 16.2. The number of methoxy groups -OCH3 is 1. The molecule has 150 valence electrons. The Morgan fingerprint density at radius 1 is 1.11 bits per heavy atom. The monoisotopic (exact) mass is 404 g/mol. The second kappa shape index (κ2) is 8.09. The smallest absolute Gasteiger partial charge is 0.236 e. The number of ether oxygens (including phenoxy) is 2. The van der Waals surface area contributed by atoms with E-state index in [0.717, 1.165) is 49.7 Å². The van der Waals surface area contributed by atoms with Crippen molar-refractivity contribution in [1.82, 2.24) is 19.8 Å². The summed E-state index contributed by atoms with van der Waals surface area (Å²) in [5, 5.41) is 1.16. The van der Waals surface area contributed by atoms with Gasteiger partial charge in [0, 0.05) is 37.6 Å². The van der Waals surface area contributed by atoms with Crippen LogP contribution in [0.3, 0.4) is 0 Å². The van der Waals surface area contributed by atoms with E-state index in [-0.39, 0.29) is 12.0 Å². The van der Waals surface area contributed by atoms with Crippen molar-refractivity contribution in [1.29, 1.82) is 0 Å². The van der Waals surface area contributed by atoms with Gasteiger partial charge in [0.1, 0.15) is 11.5 Å². The average Bonchev–Trinajstić information content (AvgIpc) is 2.71. The van der Waals surface area contributed by atoms with Gasteiger partial charge >= 0.3 is 0 Å².